The lowest BCUT2D eigenvalue weighted by molar-refractivity contribution is 0.410. The lowest BCUT2D eigenvalue weighted by Gasteiger charge is -2.12. The van der Waals surface area contributed by atoms with Gasteiger partial charge in [0.1, 0.15) is 10.6 Å². The van der Waals surface area contributed by atoms with E-state index in [2.05, 4.69) is 4.72 Å². The number of hydrogen-bond acceptors (Lipinski definition) is 5. The van der Waals surface area contributed by atoms with Gasteiger partial charge in [0.2, 0.25) is 20.0 Å². The number of benzene rings is 2. The Morgan fingerprint density at radius 2 is 1.80 bits per heavy atom. The summed E-state index contributed by atoms with van der Waals surface area (Å²) in [5, 5.41) is 5.58. The number of sulfonamides is 2. The average molecular weight is 405 g/mol. The minimum atomic E-state index is -4.05. The van der Waals surface area contributed by atoms with Crippen LogP contribution in [0.15, 0.2) is 47.4 Å². The summed E-state index contributed by atoms with van der Waals surface area (Å²) < 4.78 is 55.1. The standard InChI is InChI=1S/C15H17ClN2O5S2/c1-23-14-10-12(16)7-6-11(14)8-9-24(19,20)18-13-4-2-3-5-15(13)25(17,21)22/h2-7,10,18H,8-9H2,1H3,(H2,17,21,22). The molecule has 0 atom stereocenters. The number of methoxy groups -OCH3 is 1. The fourth-order valence-electron chi connectivity index (χ4n) is 2.19. The molecule has 0 spiro atoms. The Labute approximate surface area is 151 Å². The zero-order valence-electron chi connectivity index (χ0n) is 13.3. The highest BCUT2D eigenvalue weighted by Gasteiger charge is 2.19. The first kappa shape index (κ1) is 19.5. The molecule has 0 amide bonds. The third-order valence-corrected chi connectivity index (χ3v) is 5.82. The molecule has 0 aliphatic carbocycles. The van der Waals surface area contributed by atoms with Crippen LogP contribution in [-0.2, 0) is 26.5 Å². The maximum Gasteiger partial charge on any atom is 0.240 e. The molecule has 0 bridgehead atoms. The predicted octanol–water partition coefficient (Wildman–Crippen LogP) is 1.98. The number of ether oxygens (including phenoxy) is 1. The molecular weight excluding hydrogens is 388 g/mol. The summed E-state index contributed by atoms with van der Waals surface area (Å²) in [5.41, 5.74) is 0.574. The molecule has 136 valence electrons. The number of aryl methyl sites for hydroxylation is 1. The molecule has 0 aromatic heterocycles. The van der Waals surface area contributed by atoms with E-state index in [9.17, 15) is 16.8 Å². The van der Waals surface area contributed by atoms with Crippen LogP contribution in [0.5, 0.6) is 5.75 Å². The fraction of sp³-hybridized carbons (Fsp3) is 0.200. The first-order valence-corrected chi connectivity index (χ1v) is 10.6. The van der Waals surface area contributed by atoms with Crippen LogP contribution in [0.3, 0.4) is 0 Å². The van der Waals surface area contributed by atoms with Crippen LogP contribution in [0.25, 0.3) is 0 Å². The van der Waals surface area contributed by atoms with Crippen molar-refractivity contribution in [1.82, 2.24) is 0 Å². The molecule has 2 aromatic rings. The molecule has 0 heterocycles. The monoisotopic (exact) mass is 404 g/mol. The minimum absolute atomic E-state index is 0.0897. The van der Waals surface area contributed by atoms with E-state index >= 15 is 0 Å². The lowest BCUT2D eigenvalue weighted by Crippen LogP contribution is -2.21. The van der Waals surface area contributed by atoms with Crippen LogP contribution in [-0.4, -0.2) is 29.7 Å². The van der Waals surface area contributed by atoms with Crippen molar-refractivity contribution in [2.24, 2.45) is 5.14 Å². The Morgan fingerprint density at radius 1 is 1.12 bits per heavy atom. The minimum Gasteiger partial charge on any atom is -0.496 e. The zero-order valence-corrected chi connectivity index (χ0v) is 15.7. The Hall–Kier alpha value is -1.81. The molecule has 2 rings (SSSR count). The average Bonchev–Trinajstić information content (AvgIpc) is 2.52. The van der Waals surface area contributed by atoms with Crippen LogP contribution < -0.4 is 14.6 Å². The highest BCUT2D eigenvalue weighted by Crippen LogP contribution is 2.25. The van der Waals surface area contributed by atoms with E-state index in [4.69, 9.17) is 21.5 Å². The number of rotatable bonds is 7. The predicted molar refractivity (Wildman–Crippen MR) is 96.9 cm³/mol. The van der Waals surface area contributed by atoms with Crippen LogP contribution in [0, 0.1) is 0 Å². The Morgan fingerprint density at radius 3 is 2.44 bits per heavy atom. The first-order valence-electron chi connectivity index (χ1n) is 7.07. The van der Waals surface area contributed by atoms with Gasteiger partial charge in [-0.3, -0.25) is 4.72 Å². The van der Waals surface area contributed by atoms with Gasteiger partial charge < -0.3 is 4.74 Å². The number of primary sulfonamides is 1. The van der Waals surface area contributed by atoms with Crippen molar-refractivity contribution in [3.05, 3.63) is 53.1 Å². The van der Waals surface area contributed by atoms with Crippen molar-refractivity contribution >= 4 is 37.3 Å². The van der Waals surface area contributed by atoms with E-state index in [1.807, 2.05) is 0 Å². The Bertz CT molecular complexity index is 975. The van der Waals surface area contributed by atoms with Crippen molar-refractivity contribution in [1.29, 1.82) is 0 Å². The molecule has 2 aromatic carbocycles. The van der Waals surface area contributed by atoms with Gasteiger partial charge in [0.05, 0.1) is 18.6 Å². The van der Waals surface area contributed by atoms with Crippen LogP contribution in [0.2, 0.25) is 5.02 Å². The number of halogens is 1. The summed E-state index contributed by atoms with van der Waals surface area (Å²) in [6, 6.07) is 10.4. The number of hydrogen-bond donors (Lipinski definition) is 2. The van der Waals surface area contributed by atoms with Crippen molar-refractivity contribution < 1.29 is 21.6 Å². The molecule has 7 nitrogen and oxygen atoms in total. The highest BCUT2D eigenvalue weighted by molar-refractivity contribution is 7.93. The molecule has 0 unspecified atom stereocenters. The zero-order chi connectivity index (χ0) is 18.7. The largest absolute Gasteiger partial charge is 0.496 e. The van der Waals surface area contributed by atoms with Crippen molar-refractivity contribution in [3.63, 3.8) is 0 Å². The first-order chi connectivity index (χ1) is 11.6. The van der Waals surface area contributed by atoms with Crippen LogP contribution in [0.1, 0.15) is 5.56 Å². The van der Waals surface area contributed by atoms with Gasteiger partial charge in [-0.15, -0.1) is 0 Å². The lowest BCUT2D eigenvalue weighted by atomic mass is 10.1. The highest BCUT2D eigenvalue weighted by atomic mass is 35.5. The summed E-state index contributed by atoms with van der Waals surface area (Å²) in [7, 11) is -6.40. The molecule has 3 N–H and O–H groups in total. The quantitative estimate of drug-likeness (QED) is 0.732. The molecule has 0 saturated heterocycles. The van der Waals surface area contributed by atoms with Gasteiger partial charge in [0.15, 0.2) is 0 Å². The second-order valence-electron chi connectivity index (χ2n) is 5.17. The van der Waals surface area contributed by atoms with Gasteiger partial charge in [-0.25, -0.2) is 22.0 Å². The number of anilines is 1. The van der Waals surface area contributed by atoms with Crippen molar-refractivity contribution in [3.8, 4) is 5.75 Å². The van der Waals surface area contributed by atoms with Gasteiger partial charge in [-0.1, -0.05) is 29.8 Å². The molecule has 25 heavy (non-hydrogen) atoms. The molecule has 0 radical (unpaired) electrons. The van der Waals surface area contributed by atoms with Gasteiger partial charge >= 0.3 is 0 Å². The van der Waals surface area contributed by atoms with Crippen molar-refractivity contribution in [2.45, 2.75) is 11.3 Å². The van der Waals surface area contributed by atoms with E-state index in [-0.39, 0.29) is 22.8 Å². The van der Waals surface area contributed by atoms with Gasteiger partial charge in [-0.05, 0) is 36.2 Å². The van der Waals surface area contributed by atoms with Crippen molar-refractivity contribution in [2.75, 3.05) is 17.6 Å². The second-order valence-corrected chi connectivity index (χ2v) is 8.98. The van der Waals surface area contributed by atoms with Gasteiger partial charge in [0.25, 0.3) is 0 Å². The summed E-state index contributed by atoms with van der Waals surface area (Å²) in [4.78, 5) is -0.289. The second kappa shape index (κ2) is 7.61. The third kappa shape index (κ3) is 5.33. The summed E-state index contributed by atoms with van der Waals surface area (Å²) in [5.74, 6) is 0.205. The summed E-state index contributed by atoms with van der Waals surface area (Å²) in [6.45, 7) is 0. The maximum atomic E-state index is 12.3. The molecule has 0 aliphatic rings. The van der Waals surface area contributed by atoms with E-state index in [1.54, 1.807) is 18.2 Å². The number of nitrogens with one attached hydrogen (secondary N) is 1. The van der Waals surface area contributed by atoms with Gasteiger partial charge in [-0.2, -0.15) is 0 Å². The SMILES string of the molecule is COc1cc(Cl)ccc1CCS(=O)(=O)Nc1ccccc1S(N)(=O)=O. The molecule has 0 saturated carbocycles. The Balaban J connectivity index is 2.19. The number of para-hydroxylation sites is 1. The fourth-order valence-corrected chi connectivity index (χ4v) is 4.21. The molecular formula is C15H17ClN2O5S2. The molecule has 0 aliphatic heterocycles. The molecule has 10 heteroatoms. The van der Waals surface area contributed by atoms with E-state index in [0.717, 1.165) is 0 Å². The summed E-state index contributed by atoms with van der Waals surface area (Å²) in [6.07, 6.45) is 0.160. The van der Waals surface area contributed by atoms with E-state index in [1.165, 1.54) is 31.4 Å². The smallest absolute Gasteiger partial charge is 0.240 e. The topological polar surface area (TPSA) is 116 Å². The van der Waals surface area contributed by atoms with Crippen LogP contribution in [0.4, 0.5) is 5.69 Å². The maximum absolute atomic E-state index is 12.3. The van der Waals surface area contributed by atoms with Gasteiger partial charge in [0, 0.05) is 5.02 Å². The third-order valence-electron chi connectivity index (χ3n) is 3.35. The number of nitrogens with two attached hydrogens (primary N) is 1. The summed E-state index contributed by atoms with van der Waals surface area (Å²) >= 11 is 5.87. The Kier molecular flexibility index (Phi) is 5.94. The molecule has 0 fully saturated rings. The normalized spacial score (nSPS) is 12.0. The van der Waals surface area contributed by atoms with Crippen LogP contribution >= 0.6 is 11.6 Å². The van der Waals surface area contributed by atoms with E-state index in [0.29, 0.717) is 16.3 Å². The van der Waals surface area contributed by atoms with E-state index < -0.39 is 20.0 Å².